The molecule has 4 nitrogen and oxygen atoms in total. The van der Waals surface area contributed by atoms with Crippen LogP contribution in [0.4, 0.5) is 16.2 Å². The van der Waals surface area contributed by atoms with Crippen molar-refractivity contribution >= 4 is 23.5 Å². The highest BCUT2D eigenvalue weighted by Gasteiger charge is 2.28. The number of rotatable bonds is 7. The smallest absolute Gasteiger partial charge is 0.407 e. The van der Waals surface area contributed by atoms with Gasteiger partial charge >= 0.3 is 6.09 Å². The second-order valence-corrected chi connectivity index (χ2v) is 8.19. The van der Waals surface area contributed by atoms with Crippen molar-refractivity contribution < 1.29 is 9.53 Å². The molecule has 5 rings (SSSR count). The minimum Gasteiger partial charge on any atom is -0.449 e. The maximum absolute atomic E-state index is 12.4. The van der Waals surface area contributed by atoms with E-state index in [0.717, 1.165) is 16.9 Å². The summed E-state index contributed by atoms with van der Waals surface area (Å²) >= 11 is 0. The first-order valence-corrected chi connectivity index (χ1v) is 11.5. The van der Waals surface area contributed by atoms with Gasteiger partial charge in [-0.05, 0) is 46.0 Å². The molecule has 0 bridgehead atoms. The highest BCUT2D eigenvalue weighted by atomic mass is 16.5. The van der Waals surface area contributed by atoms with E-state index in [1.54, 1.807) is 0 Å². The molecule has 4 aromatic rings. The molecule has 168 valence electrons. The number of carbonyl (C=O) groups is 1. The van der Waals surface area contributed by atoms with Crippen LogP contribution in [0, 0.1) is 0 Å². The molecule has 1 aliphatic rings. The fraction of sp³-hybridized carbons (Fsp3) is 0.100. The number of para-hydroxylation sites is 2. The maximum atomic E-state index is 12.4. The van der Waals surface area contributed by atoms with Gasteiger partial charge in [-0.3, -0.25) is 0 Å². The van der Waals surface area contributed by atoms with Crippen LogP contribution in [-0.2, 0) is 4.74 Å². The highest BCUT2D eigenvalue weighted by Crippen LogP contribution is 2.44. The molecule has 0 atom stereocenters. The van der Waals surface area contributed by atoms with E-state index in [2.05, 4.69) is 34.9 Å². The van der Waals surface area contributed by atoms with E-state index in [1.165, 1.54) is 22.3 Å². The molecule has 0 fully saturated rings. The molecule has 1 aliphatic carbocycles. The topological polar surface area (TPSA) is 50.4 Å². The van der Waals surface area contributed by atoms with E-state index in [1.807, 2.05) is 91.0 Å². The summed E-state index contributed by atoms with van der Waals surface area (Å²) in [6.45, 7) is 0.698. The van der Waals surface area contributed by atoms with Crippen molar-refractivity contribution in [2.24, 2.45) is 0 Å². The molecule has 0 radical (unpaired) electrons. The Labute approximate surface area is 199 Å². The Morgan fingerprint density at radius 3 is 2.12 bits per heavy atom. The van der Waals surface area contributed by atoms with Crippen LogP contribution >= 0.6 is 0 Å². The molecule has 0 heterocycles. The van der Waals surface area contributed by atoms with E-state index in [-0.39, 0.29) is 5.92 Å². The molecule has 4 aromatic carbocycles. The molecular formula is C30H26N2O2. The number of nitrogens with one attached hydrogen (secondary N) is 2. The number of hydrogen-bond acceptors (Lipinski definition) is 3. The van der Waals surface area contributed by atoms with Crippen molar-refractivity contribution in [2.45, 2.75) is 5.92 Å². The fourth-order valence-electron chi connectivity index (χ4n) is 4.41. The lowest BCUT2D eigenvalue weighted by Gasteiger charge is -2.14. The van der Waals surface area contributed by atoms with Crippen LogP contribution in [-0.4, -0.2) is 19.2 Å². The first-order chi connectivity index (χ1) is 16.8. The van der Waals surface area contributed by atoms with Crippen LogP contribution in [0.2, 0.25) is 0 Å². The lowest BCUT2D eigenvalue weighted by molar-refractivity contribution is 0.144. The molecule has 0 spiro atoms. The van der Waals surface area contributed by atoms with Gasteiger partial charge in [-0.1, -0.05) is 97.1 Å². The summed E-state index contributed by atoms with van der Waals surface area (Å²) in [6.07, 6.45) is 3.50. The number of fused-ring (bicyclic) bond motifs is 3. The Hall–Kier alpha value is -4.31. The minimum absolute atomic E-state index is 0.0598. The van der Waals surface area contributed by atoms with Gasteiger partial charge in [0.2, 0.25) is 0 Å². The predicted molar refractivity (Wildman–Crippen MR) is 138 cm³/mol. The largest absolute Gasteiger partial charge is 0.449 e. The molecule has 4 heteroatoms. The Morgan fingerprint density at radius 2 is 1.38 bits per heavy atom. The molecule has 0 saturated carbocycles. The summed E-state index contributed by atoms with van der Waals surface area (Å²) in [5.41, 5.74) is 7.93. The van der Waals surface area contributed by atoms with Crippen molar-refractivity contribution in [1.29, 1.82) is 0 Å². The summed E-state index contributed by atoms with van der Waals surface area (Å²) < 4.78 is 5.60. The zero-order chi connectivity index (χ0) is 23.2. The first kappa shape index (κ1) is 21.5. The van der Waals surface area contributed by atoms with E-state index < -0.39 is 6.09 Å². The third kappa shape index (κ3) is 4.71. The van der Waals surface area contributed by atoms with Crippen LogP contribution in [0.15, 0.2) is 109 Å². The van der Waals surface area contributed by atoms with Gasteiger partial charge in [-0.15, -0.1) is 0 Å². The molecule has 1 amide bonds. The van der Waals surface area contributed by atoms with Gasteiger partial charge in [-0.25, -0.2) is 4.79 Å². The fourth-order valence-corrected chi connectivity index (χ4v) is 4.41. The highest BCUT2D eigenvalue weighted by molar-refractivity contribution is 5.79. The monoisotopic (exact) mass is 446 g/mol. The third-order valence-electron chi connectivity index (χ3n) is 6.02. The van der Waals surface area contributed by atoms with E-state index in [9.17, 15) is 4.79 Å². The number of ether oxygens (including phenoxy) is 1. The third-order valence-corrected chi connectivity index (χ3v) is 6.02. The van der Waals surface area contributed by atoms with Gasteiger partial charge in [0.15, 0.2) is 0 Å². The predicted octanol–water partition coefficient (Wildman–Crippen LogP) is 6.98. The van der Waals surface area contributed by atoms with Crippen LogP contribution in [0.1, 0.15) is 22.6 Å². The van der Waals surface area contributed by atoms with E-state index in [4.69, 9.17) is 4.74 Å². The Bertz CT molecular complexity index is 1270. The maximum Gasteiger partial charge on any atom is 0.407 e. The van der Waals surface area contributed by atoms with Crippen LogP contribution in [0.5, 0.6) is 0 Å². The zero-order valence-corrected chi connectivity index (χ0v) is 18.8. The number of benzene rings is 4. The standard InChI is InChI=1S/C30H26N2O2/c33-30(34-21-28-26-17-7-5-15-24(26)25-16-6-8-18-27(25)28)31-20-10-12-22-11-4-9-19-29(22)32-23-13-2-1-3-14-23/h1-19,28,32H,20-21H2,(H,31,33). The summed E-state index contributed by atoms with van der Waals surface area (Å²) in [4.78, 5) is 12.4. The second-order valence-electron chi connectivity index (χ2n) is 8.19. The minimum atomic E-state index is -0.415. The van der Waals surface area contributed by atoms with Gasteiger partial charge in [0.25, 0.3) is 0 Å². The van der Waals surface area contributed by atoms with E-state index >= 15 is 0 Å². The van der Waals surface area contributed by atoms with Gasteiger partial charge in [0, 0.05) is 23.8 Å². The van der Waals surface area contributed by atoms with Gasteiger partial charge in [0.1, 0.15) is 6.61 Å². The van der Waals surface area contributed by atoms with Crippen molar-refractivity contribution in [1.82, 2.24) is 5.32 Å². The SMILES string of the molecule is O=C(NCC=Cc1ccccc1Nc1ccccc1)OCC1c2ccccc2-c2ccccc21. The molecule has 0 aromatic heterocycles. The molecule has 0 saturated heterocycles. The van der Waals surface area contributed by atoms with Crippen molar-refractivity contribution in [2.75, 3.05) is 18.5 Å². The number of carbonyl (C=O) groups excluding carboxylic acids is 1. The van der Waals surface area contributed by atoms with Crippen LogP contribution < -0.4 is 10.6 Å². The average Bonchev–Trinajstić information content (AvgIpc) is 3.20. The molecular weight excluding hydrogens is 420 g/mol. The number of hydrogen-bond donors (Lipinski definition) is 2. The van der Waals surface area contributed by atoms with Gasteiger partial charge in [0.05, 0.1) is 0 Å². The van der Waals surface area contributed by atoms with Crippen LogP contribution in [0.25, 0.3) is 17.2 Å². The lowest BCUT2D eigenvalue weighted by Crippen LogP contribution is -2.26. The number of amides is 1. The molecule has 34 heavy (non-hydrogen) atoms. The summed E-state index contributed by atoms with van der Waals surface area (Å²) in [5.74, 6) is 0.0598. The van der Waals surface area contributed by atoms with Crippen molar-refractivity contribution in [3.8, 4) is 11.1 Å². The Morgan fingerprint density at radius 1 is 0.765 bits per heavy atom. The normalized spacial score (nSPS) is 12.2. The zero-order valence-electron chi connectivity index (χ0n) is 18.8. The first-order valence-electron chi connectivity index (χ1n) is 11.5. The van der Waals surface area contributed by atoms with Gasteiger partial charge < -0.3 is 15.4 Å². The lowest BCUT2D eigenvalue weighted by atomic mass is 9.98. The van der Waals surface area contributed by atoms with Crippen LogP contribution in [0.3, 0.4) is 0 Å². The second kappa shape index (κ2) is 10.1. The molecule has 0 aliphatic heterocycles. The molecule has 2 N–H and O–H groups in total. The molecule has 0 unspecified atom stereocenters. The van der Waals surface area contributed by atoms with Crippen molar-refractivity contribution in [3.63, 3.8) is 0 Å². The summed E-state index contributed by atoms with van der Waals surface area (Å²) in [7, 11) is 0. The quantitative estimate of drug-likeness (QED) is 0.322. The number of alkyl carbamates (subject to hydrolysis) is 1. The Kier molecular flexibility index (Phi) is 6.39. The number of anilines is 2. The summed E-state index contributed by atoms with van der Waals surface area (Å²) in [6, 6.07) is 34.8. The average molecular weight is 447 g/mol. The van der Waals surface area contributed by atoms with Gasteiger partial charge in [-0.2, -0.15) is 0 Å². The van der Waals surface area contributed by atoms with E-state index in [0.29, 0.717) is 13.2 Å². The van der Waals surface area contributed by atoms with Crippen molar-refractivity contribution in [3.05, 3.63) is 126 Å². The Balaban J connectivity index is 1.16. The summed E-state index contributed by atoms with van der Waals surface area (Å²) in [5, 5.41) is 6.25.